The molecule has 2 aromatic heterocycles. The minimum absolute atomic E-state index is 0. The lowest BCUT2D eigenvalue weighted by molar-refractivity contribution is 0.141. The van der Waals surface area contributed by atoms with Gasteiger partial charge in [0.15, 0.2) is 5.65 Å². The smallest absolute Gasteiger partial charge is 0.229 e. The number of piperidine rings is 2. The molecule has 0 bridgehead atoms. The lowest BCUT2D eigenvalue weighted by Gasteiger charge is -2.40. The van der Waals surface area contributed by atoms with Gasteiger partial charge >= 0.3 is 0 Å². The maximum Gasteiger partial charge on any atom is 0.229 e. The Labute approximate surface area is 194 Å². The van der Waals surface area contributed by atoms with Crippen molar-refractivity contribution in [2.45, 2.75) is 44.7 Å². The zero-order valence-corrected chi connectivity index (χ0v) is 19.3. The van der Waals surface area contributed by atoms with Gasteiger partial charge in [0.1, 0.15) is 11.6 Å². The molecular formula is C23H31ClFN7. The Morgan fingerprint density at radius 3 is 2.44 bits per heavy atom. The molecular weight excluding hydrogens is 429 g/mol. The van der Waals surface area contributed by atoms with Gasteiger partial charge in [-0.25, -0.2) is 4.39 Å². The molecule has 5 rings (SSSR count). The van der Waals surface area contributed by atoms with Crippen LogP contribution in [0, 0.1) is 5.82 Å². The van der Waals surface area contributed by atoms with Crippen molar-refractivity contribution in [3.63, 3.8) is 0 Å². The van der Waals surface area contributed by atoms with E-state index in [4.69, 9.17) is 9.97 Å². The van der Waals surface area contributed by atoms with Gasteiger partial charge in [0, 0.05) is 32.7 Å². The predicted molar refractivity (Wildman–Crippen MR) is 128 cm³/mol. The topological polar surface area (TPSA) is 62.1 Å². The van der Waals surface area contributed by atoms with E-state index in [0.29, 0.717) is 12.6 Å². The summed E-state index contributed by atoms with van der Waals surface area (Å²) < 4.78 is 15.0. The van der Waals surface area contributed by atoms with Crippen molar-refractivity contribution in [3.8, 4) is 0 Å². The van der Waals surface area contributed by atoms with E-state index >= 15 is 0 Å². The van der Waals surface area contributed by atoms with Crippen molar-refractivity contribution < 1.29 is 4.39 Å². The summed E-state index contributed by atoms with van der Waals surface area (Å²) in [6, 6.07) is 7.23. The first kappa shape index (κ1) is 22.7. The normalized spacial score (nSPS) is 18.0. The second kappa shape index (κ2) is 10.0. The predicted octanol–water partition coefficient (Wildman–Crippen LogP) is 3.99. The van der Waals surface area contributed by atoms with Crippen LogP contribution in [0.5, 0.6) is 0 Å². The molecule has 0 unspecified atom stereocenters. The van der Waals surface area contributed by atoms with Gasteiger partial charge in [-0.2, -0.15) is 15.1 Å². The monoisotopic (exact) mass is 459 g/mol. The van der Waals surface area contributed by atoms with E-state index in [1.807, 2.05) is 7.05 Å². The Kier molecular flexibility index (Phi) is 7.10. The lowest BCUT2D eigenvalue weighted by Crippen LogP contribution is -2.47. The fraction of sp³-hybridized carbons (Fsp3) is 0.522. The highest BCUT2D eigenvalue weighted by Gasteiger charge is 2.27. The molecule has 0 spiro atoms. The molecule has 2 saturated heterocycles. The van der Waals surface area contributed by atoms with Gasteiger partial charge in [-0.05, 0) is 56.5 Å². The lowest BCUT2D eigenvalue weighted by atomic mass is 10.0. The Bertz CT molecular complexity index is 1020. The third-order valence-electron chi connectivity index (χ3n) is 6.61. The number of nitrogens with one attached hydrogen (secondary N) is 1. The van der Waals surface area contributed by atoms with Gasteiger partial charge in [-0.15, -0.1) is 12.4 Å². The second-order valence-corrected chi connectivity index (χ2v) is 8.67. The first-order valence-electron chi connectivity index (χ1n) is 11.3. The van der Waals surface area contributed by atoms with Gasteiger partial charge in [-0.1, -0.05) is 18.6 Å². The van der Waals surface area contributed by atoms with Crippen LogP contribution in [0.25, 0.3) is 11.0 Å². The minimum Gasteiger partial charge on any atom is -0.365 e. The van der Waals surface area contributed by atoms with Crippen LogP contribution in [0.2, 0.25) is 0 Å². The number of halogens is 2. The maximum atomic E-state index is 13.2. The van der Waals surface area contributed by atoms with Crippen molar-refractivity contribution in [1.29, 1.82) is 0 Å². The van der Waals surface area contributed by atoms with Crippen molar-refractivity contribution in [1.82, 2.24) is 24.6 Å². The van der Waals surface area contributed by atoms with Crippen LogP contribution in [-0.2, 0) is 13.6 Å². The van der Waals surface area contributed by atoms with E-state index < -0.39 is 0 Å². The highest BCUT2D eigenvalue weighted by atomic mass is 35.5. The van der Waals surface area contributed by atoms with Crippen LogP contribution in [0.1, 0.15) is 37.7 Å². The number of rotatable bonds is 5. The van der Waals surface area contributed by atoms with Crippen LogP contribution in [0.15, 0.2) is 30.5 Å². The van der Waals surface area contributed by atoms with Gasteiger partial charge in [-0.3, -0.25) is 4.68 Å². The van der Waals surface area contributed by atoms with Crippen molar-refractivity contribution in [2.24, 2.45) is 7.05 Å². The molecule has 7 nitrogen and oxygen atoms in total. The fourth-order valence-corrected chi connectivity index (χ4v) is 4.79. The number of hydrogen-bond donors (Lipinski definition) is 1. The van der Waals surface area contributed by atoms with E-state index in [1.54, 1.807) is 23.0 Å². The molecule has 1 N–H and O–H groups in total. The Morgan fingerprint density at radius 2 is 1.72 bits per heavy atom. The van der Waals surface area contributed by atoms with Crippen molar-refractivity contribution in [3.05, 3.63) is 41.8 Å². The molecule has 0 amide bonds. The quantitative estimate of drug-likeness (QED) is 0.622. The number of likely N-dealkylation sites (tertiary alicyclic amines) is 1. The SMILES string of the molecule is Cl.Cn1ncc2c(NCc3ccc(F)cc3)nc(N3CCC(N4CCCCC4)CC3)nc21. The zero-order chi connectivity index (χ0) is 21.2. The van der Waals surface area contributed by atoms with Crippen LogP contribution >= 0.6 is 12.4 Å². The molecule has 3 aromatic rings. The fourth-order valence-electron chi connectivity index (χ4n) is 4.79. The number of nitrogens with zero attached hydrogens (tertiary/aromatic N) is 6. The first-order valence-corrected chi connectivity index (χ1v) is 11.3. The molecule has 9 heteroatoms. The number of aromatic nitrogens is 4. The summed E-state index contributed by atoms with van der Waals surface area (Å²) in [6.45, 7) is 5.01. The third-order valence-corrected chi connectivity index (χ3v) is 6.61. The number of aryl methyl sites for hydroxylation is 1. The standard InChI is InChI=1S/C23H30FN7.ClH/c1-29-22-20(16-26-29)21(25-15-17-5-7-18(24)8-6-17)27-23(28-22)31-13-9-19(10-14-31)30-11-3-2-4-12-30;/h5-8,16,19H,2-4,9-15H2,1H3,(H,25,27,28);1H. The maximum absolute atomic E-state index is 13.2. The van der Waals surface area contributed by atoms with Crippen LogP contribution in [0.3, 0.4) is 0 Å². The molecule has 172 valence electrons. The van der Waals surface area contributed by atoms with Crippen LogP contribution < -0.4 is 10.2 Å². The molecule has 0 atom stereocenters. The van der Waals surface area contributed by atoms with E-state index in [0.717, 1.165) is 54.3 Å². The molecule has 0 saturated carbocycles. The van der Waals surface area contributed by atoms with Crippen molar-refractivity contribution >= 4 is 35.2 Å². The Morgan fingerprint density at radius 1 is 1.00 bits per heavy atom. The average molecular weight is 460 g/mol. The van der Waals surface area contributed by atoms with E-state index in [9.17, 15) is 4.39 Å². The highest BCUT2D eigenvalue weighted by Crippen LogP contribution is 2.27. The van der Waals surface area contributed by atoms with E-state index in [2.05, 4.69) is 20.2 Å². The number of benzene rings is 1. The molecule has 1 aromatic carbocycles. The summed E-state index contributed by atoms with van der Waals surface area (Å²) in [5.41, 5.74) is 1.82. The molecule has 2 aliphatic heterocycles. The van der Waals surface area contributed by atoms with E-state index in [-0.39, 0.29) is 18.2 Å². The largest absolute Gasteiger partial charge is 0.365 e. The van der Waals surface area contributed by atoms with Crippen LogP contribution in [0.4, 0.5) is 16.2 Å². The third kappa shape index (κ3) is 4.81. The van der Waals surface area contributed by atoms with Gasteiger partial charge < -0.3 is 15.1 Å². The number of hydrogen-bond acceptors (Lipinski definition) is 6. The summed E-state index contributed by atoms with van der Waals surface area (Å²) in [7, 11) is 1.91. The van der Waals surface area contributed by atoms with Crippen LogP contribution in [-0.4, -0.2) is 56.9 Å². The molecule has 4 heterocycles. The Hall–Kier alpha value is -2.45. The highest BCUT2D eigenvalue weighted by molar-refractivity contribution is 5.87. The zero-order valence-electron chi connectivity index (χ0n) is 18.5. The second-order valence-electron chi connectivity index (χ2n) is 8.67. The van der Waals surface area contributed by atoms with Gasteiger partial charge in [0.25, 0.3) is 0 Å². The molecule has 2 aliphatic rings. The molecule has 0 aliphatic carbocycles. The van der Waals surface area contributed by atoms with Gasteiger partial charge in [0.05, 0.1) is 11.6 Å². The summed E-state index contributed by atoms with van der Waals surface area (Å²) in [5.74, 6) is 1.31. The molecule has 32 heavy (non-hydrogen) atoms. The Balaban J connectivity index is 0.00000245. The number of anilines is 2. The van der Waals surface area contributed by atoms with E-state index in [1.165, 1.54) is 44.5 Å². The van der Waals surface area contributed by atoms with Crippen molar-refractivity contribution in [2.75, 3.05) is 36.4 Å². The summed E-state index contributed by atoms with van der Waals surface area (Å²) in [5, 5.41) is 8.70. The summed E-state index contributed by atoms with van der Waals surface area (Å²) in [6.07, 6.45) is 8.17. The summed E-state index contributed by atoms with van der Waals surface area (Å²) >= 11 is 0. The first-order chi connectivity index (χ1) is 15.2. The molecule has 2 fully saturated rings. The minimum atomic E-state index is -0.226. The van der Waals surface area contributed by atoms with Gasteiger partial charge in [0.2, 0.25) is 5.95 Å². The molecule has 0 radical (unpaired) electrons. The number of fused-ring (bicyclic) bond motifs is 1. The average Bonchev–Trinajstić information content (AvgIpc) is 3.20. The summed E-state index contributed by atoms with van der Waals surface area (Å²) in [4.78, 5) is 14.7.